The second-order valence-electron chi connectivity index (χ2n) is 7.98. The lowest BCUT2D eigenvalue weighted by molar-refractivity contribution is -0.132. The fourth-order valence-electron chi connectivity index (χ4n) is 4.24. The molecule has 1 aromatic heterocycles. The molecule has 0 bridgehead atoms. The Balaban J connectivity index is 1.71. The predicted octanol–water partition coefficient (Wildman–Crippen LogP) is 5.47. The summed E-state index contributed by atoms with van der Waals surface area (Å²) in [5.41, 5.74) is 1.24. The zero-order valence-corrected chi connectivity index (χ0v) is 20.2. The molecule has 1 fully saturated rings. The minimum Gasteiger partial charge on any atom is -0.507 e. The van der Waals surface area contributed by atoms with E-state index in [0.29, 0.717) is 39.4 Å². The molecule has 0 aliphatic carbocycles. The standard InChI is InChI=1S/C27H21FN2O5S/c1-3-35-17-11-8-15(9-12-17)24(31)22-23(18-6-4-5-7-20(18)34-2)30(26(33)25(22)32)27-29-19-13-10-16(28)14-21(19)36-27/h4-14,23,31H,3H2,1-2H3/b24-22+. The van der Waals surface area contributed by atoms with Crippen molar-refractivity contribution in [2.75, 3.05) is 18.6 Å². The van der Waals surface area contributed by atoms with E-state index in [4.69, 9.17) is 9.47 Å². The molecule has 1 amide bonds. The van der Waals surface area contributed by atoms with E-state index in [2.05, 4.69) is 4.98 Å². The van der Waals surface area contributed by atoms with Crippen molar-refractivity contribution in [3.63, 3.8) is 0 Å². The SMILES string of the molecule is CCOc1ccc(/C(O)=C2\C(=O)C(=O)N(c3nc4ccc(F)cc4s3)C2c2ccccc2OC)cc1. The molecule has 4 aromatic rings. The number of nitrogens with zero attached hydrogens (tertiary/aromatic N) is 2. The molecule has 3 aromatic carbocycles. The van der Waals surface area contributed by atoms with Gasteiger partial charge in [0.1, 0.15) is 29.1 Å². The summed E-state index contributed by atoms with van der Waals surface area (Å²) in [5.74, 6) is -1.43. The third-order valence-corrected chi connectivity index (χ3v) is 6.88. The molecule has 1 atom stereocenters. The van der Waals surface area contributed by atoms with Crippen LogP contribution in [0, 0.1) is 5.82 Å². The first-order chi connectivity index (χ1) is 17.4. The number of hydrogen-bond donors (Lipinski definition) is 1. The summed E-state index contributed by atoms with van der Waals surface area (Å²) in [6.07, 6.45) is 0. The number of anilines is 1. The zero-order chi connectivity index (χ0) is 25.4. The van der Waals surface area contributed by atoms with Gasteiger partial charge in [0.05, 0.1) is 29.5 Å². The summed E-state index contributed by atoms with van der Waals surface area (Å²) >= 11 is 1.08. The number of carbonyl (C=O) groups is 2. The van der Waals surface area contributed by atoms with Crippen LogP contribution < -0.4 is 14.4 Å². The van der Waals surface area contributed by atoms with Crippen LogP contribution in [0.2, 0.25) is 0 Å². The normalized spacial score (nSPS) is 17.1. The number of hydrogen-bond acceptors (Lipinski definition) is 7. The van der Waals surface area contributed by atoms with Gasteiger partial charge in [0.15, 0.2) is 5.13 Å². The molecule has 0 spiro atoms. The number of benzene rings is 3. The van der Waals surface area contributed by atoms with E-state index < -0.39 is 23.5 Å². The van der Waals surface area contributed by atoms with E-state index in [1.54, 1.807) is 48.5 Å². The van der Waals surface area contributed by atoms with Crippen molar-refractivity contribution in [3.8, 4) is 11.5 Å². The van der Waals surface area contributed by atoms with Crippen molar-refractivity contribution in [1.82, 2.24) is 4.98 Å². The molecule has 2 heterocycles. The molecule has 1 aliphatic rings. The van der Waals surface area contributed by atoms with Crippen molar-refractivity contribution in [3.05, 3.63) is 89.2 Å². The van der Waals surface area contributed by atoms with Crippen LogP contribution in [0.1, 0.15) is 24.1 Å². The Hall–Kier alpha value is -4.24. The number of fused-ring (bicyclic) bond motifs is 1. The molecule has 1 aliphatic heterocycles. The third kappa shape index (κ3) is 3.97. The second kappa shape index (κ2) is 9.43. The Morgan fingerprint density at radius 2 is 1.86 bits per heavy atom. The Morgan fingerprint density at radius 3 is 2.58 bits per heavy atom. The second-order valence-corrected chi connectivity index (χ2v) is 8.99. The van der Waals surface area contributed by atoms with Gasteiger partial charge in [-0.15, -0.1) is 0 Å². The van der Waals surface area contributed by atoms with Crippen molar-refractivity contribution in [1.29, 1.82) is 0 Å². The van der Waals surface area contributed by atoms with Crippen molar-refractivity contribution in [2.45, 2.75) is 13.0 Å². The van der Waals surface area contributed by atoms with E-state index in [1.165, 1.54) is 30.2 Å². The number of methoxy groups -OCH3 is 1. The van der Waals surface area contributed by atoms with Crippen LogP contribution in [0.5, 0.6) is 11.5 Å². The molecule has 1 N–H and O–H groups in total. The lowest BCUT2D eigenvalue weighted by Gasteiger charge is -2.24. The van der Waals surface area contributed by atoms with Crippen LogP contribution in [0.4, 0.5) is 9.52 Å². The lowest BCUT2D eigenvalue weighted by Crippen LogP contribution is -2.29. The highest BCUT2D eigenvalue weighted by molar-refractivity contribution is 7.22. The average Bonchev–Trinajstić information content (AvgIpc) is 3.41. The van der Waals surface area contributed by atoms with E-state index in [9.17, 15) is 19.1 Å². The maximum Gasteiger partial charge on any atom is 0.301 e. The number of aliphatic hydroxyl groups excluding tert-OH is 1. The van der Waals surface area contributed by atoms with Gasteiger partial charge in [0, 0.05) is 11.1 Å². The largest absolute Gasteiger partial charge is 0.507 e. The van der Waals surface area contributed by atoms with Gasteiger partial charge in [0.2, 0.25) is 0 Å². The van der Waals surface area contributed by atoms with E-state index >= 15 is 0 Å². The lowest BCUT2D eigenvalue weighted by atomic mass is 9.94. The molecular weight excluding hydrogens is 483 g/mol. The maximum atomic E-state index is 13.8. The average molecular weight is 505 g/mol. The van der Waals surface area contributed by atoms with Gasteiger partial charge in [-0.25, -0.2) is 9.37 Å². The smallest absolute Gasteiger partial charge is 0.301 e. The summed E-state index contributed by atoms with van der Waals surface area (Å²) in [7, 11) is 1.48. The van der Waals surface area contributed by atoms with Gasteiger partial charge in [-0.05, 0) is 55.5 Å². The Morgan fingerprint density at radius 1 is 1.11 bits per heavy atom. The summed E-state index contributed by atoms with van der Waals surface area (Å²) in [6, 6.07) is 16.6. The minimum absolute atomic E-state index is 0.0981. The maximum absolute atomic E-state index is 13.8. The number of halogens is 1. The Labute approximate surface area is 210 Å². The first-order valence-corrected chi connectivity index (χ1v) is 12.0. The summed E-state index contributed by atoms with van der Waals surface area (Å²) in [4.78, 5) is 32.5. The highest BCUT2D eigenvalue weighted by Crippen LogP contribution is 2.46. The van der Waals surface area contributed by atoms with Gasteiger partial charge >= 0.3 is 5.91 Å². The number of aliphatic hydroxyl groups is 1. The predicted molar refractivity (Wildman–Crippen MR) is 135 cm³/mol. The number of amides is 1. The van der Waals surface area contributed by atoms with E-state index in [0.717, 1.165) is 11.3 Å². The summed E-state index contributed by atoms with van der Waals surface area (Å²) < 4.78 is 25.3. The molecular formula is C27H21FN2O5S. The molecule has 182 valence electrons. The van der Waals surface area contributed by atoms with E-state index in [1.807, 2.05) is 6.92 Å². The van der Waals surface area contributed by atoms with Gasteiger partial charge in [0.25, 0.3) is 5.78 Å². The molecule has 7 nitrogen and oxygen atoms in total. The van der Waals surface area contributed by atoms with Crippen LogP contribution in [-0.2, 0) is 9.59 Å². The number of para-hydroxylation sites is 1. The Kier molecular flexibility index (Phi) is 6.15. The molecule has 36 heavy (non-hydrogen) atoms. The van der Waals surface area contributed by atoms with Gasteiger partial charge < -0.3 is 14.6 Å². The molecule has 9 heteroatoms. The van der Waals surface area contributed by atoms with Crippen LogP contribution in [0.3, 0.4) is 0 Å². The van der Waals surface area contributed by atoms with Gasteiger partial charge in [-0.1, -0.05) is 29.5 Å². The van der Waals surface area contributed by atoms with Crippen molar-refractivity contribution < 1.29 is 28.6 Å². The number of carbonyl (C=O) groups excluding carboxylic acids is 2. The minimum atomic E-state index is -1.02. The summed E-state index contributed by atoms with van der Waals surface area (Å²) in [6.45, 7) is 2.34. The fraction of sp³-hybridized carbons (Fsp3) is 0.148. The van der Waals surface area contributed by atoms with Crippen LogP contribution in [0.25, 0.3) is 16.0 Å². The van der Waals surface area contributed by atoms with Crippen LogP contribution in [-0.4, -0.2) is 35.5 Å². The van der Waals surface area contributed by atoms with Gasteiger partial charge in [-0.2, -0.15) is 0 Å². The molecule has 1 unspecified atom stereocenters. The van der Waals surface area contributed by atoms with Gasteiger partial charge in [-0.3, -0.25) is 14.5 Å². The first kappa shape index (κ1) is 23.5. The number of rotatable bonds is 6. The molecule has 5 rings (SSSR count). The molecule has 0 saturated carbocycles. The van der Waals surface area contributed by atoms with Crippen molar-refractivity contribution >= 4 is 44.1 Å². The number of ketones is 1. The van der Waals surface area contributed by atoms with Crippen LogP contribution in [0.15, 0.2) is 72.3 Å². The third-order valence-electron chi connectivity index (χ3n) is 5.86. The number of aromatic nitrogens is 1. The quantitative estimate of drug-likeness (QED) is 0.213. The van der Waals surface area contributed by atoms with Crippen molar-refractivity contribution in [2.24, 2.45) is 0 Å². The monoisotopic (exact) mass is 504 g/mol. The zero-order valence-electron chi connectivity index (χ0n) is 19.4. The fourth-order valence-corrected chi connectivity index (χ4v) is 5.25. The first-order valence-electron chi connectivity index (χ1n) is 11.2. The molecule has 1 saturated heterocycles. The number of thiazole rings is 1. The number of ether oxygens (including phenoxy) is 2. The Bertz CT molecular complexity index is 1510. The van der Waals surface area contributed by atoms with Crippen LogP contribution >= 0.6 is 11.3 Å². The van der Waals surface area contributed by atoms with E-state index in [-0.39, 0.29) is 16.5 Å². The summed E-state index contributed by atoms with van der Waals surface area (Å²) in [5, 5.41) is 11.5. The number of Topliss-reactive ketones (excluding diaryl/α,β-unsaturated/α-hetero) is 1. The topological polar surface area (TPSA) is 89.0 Å². The molecule has 0 radical (unpaired) electrons. The highest BCUT2D eigenvalue weighted by atomic mass is 32.1. The highest BCUT2D eigenvalue weighted by Gasteiger charge is 2.49.